The highest BCUT2D eigenvalue weighted by Crippen LogP contribution is 2.36. The number of carbonyl (C=O) groups excluding carboxylic acids is 2. The Kier molecular flexibility index (Phi) is 4.12. The van der Waals surface area contributed by atoms with Crippen LogP contribution in [-0.4, -0.2) is 16.8 Å². The zero-order valence-electron chi connectivity index (χ0n) is 14.6. The van der Waals surface area contributed by atoms with Crippen molar-refractivity contribution in [2.45, 2.75) is 12.1 Å². The summed E-state index contributed by atoms with van der Waals surface area (Å²) in [6.45, 7) is 0.164. The van der Waals surface area contributed by atoms with Gasteiger partial charge in [-0.05, 0) is 28.8 Å². The second-order valence-corrected chi connectivity index (χ2v) is 6.55. The van der Waals surface area contributed by atoms with Gasteiger partial charge >= 0.3 is 6.03 Å². The van der Waals surface area contributed by atoms with Crippen LogP contribution in [0.5, 0.6) is 0 Å². The van der Waals surface area contributed by atoms with E-state index in [1.165, 1.54) is 4.90 Å². The highest BCUT2D eigenvalue weighted by Gasteiger charge is 2.53. The molecular weight excluding hydrogens is 338 g/mol. The zero-order valence-corrected chi connectivity index (χ0v) is 14.6. The molecule has 5 heteroatoms. The van der Waals surface area contributed by atoms with Crippen LogP contribution >= 0.6 is 0 Å². The van der Waals surface area contributed by atoms with Crippen LogP contribution in [0.15, 0.2) is 84.9 Å². The fraction of sp³-hybridized carbons (Fsp3) is 0.0909. The lowest BCUT2D eigenvalue weighted by molar-refractivity contribution is -0.130. The molecule has 0 unspecified atom stereocenters. The van der Waals surface area contributed by atoms with Gasteiger partial charge in [0.25, 0.3) is 5.91 Å². The van der Waals surface area contributed by atoms with Gasteiger partial charge in [0.05, 0.1) is 6.54 Å². The molecular formula is C22H19N3O2. The van der Waals surface area contributed by atoms with Gasteiger partial charge in [-0.15, -0.1) is 0 Å². The standard InChI is InChI=1S/C22H19N3O2/c23-19-13-7-8-16(14-19)15-25-20(26)22(24-21(25)27,17-9-3-1-4-10-17)18-11-5-2-6-12-18/h1-14H,15,23H2,(H,24,27). The molecule has 3 aromatic carbocycles. The first kappa shape index (κ1) is 16.8. The lowest BCUT2D eigenvalue weighted by atomic mass is 9.82. The number of nitrogens with zero attached hydrogens (tertiary/aromatic N) is 1. The number of benzene rings is 3. The van der Waals surface area contributed by atoms with Crippen molar-refractivity contribution in [3.63, 3.8) is 0 Å². The first-order valence-corrected chi connectivity index (χ1v) is 8.71. The van der Waals surface area contributed by atoms with Crippen molar-refractivity contribution in [3.05, 3.63) is 102 Å². The molecule has 1 heterocycles. The molecule has 3 amide bonds. The minimum atomic E-state index is -1.24. The molecule has 4 rings (SSSR count). The van der Waals surface area contributed by atoms with E-state index < -0.39 is 11.6 Å². The summed E-state index contributed by atoms with van der Waals surface area (Å²) < 4.78 is 0. The summed E-state index contributed by atoms with van der Waals surface area (Å²) in [5, 5.41) is 2.94. The first-order valence-electron chi connectivity index (χ1n) is 8.71. The van der Waals surface area contributed by atoms with Crippen molar-refractivity contribution < 1.29 is 9.59 Å². The van der Waals surface area contributed by atoms with Crippen LogP contribution < -0.4 is 11.1 Å². The van der Waals surface area contributed by atoms with E-state index in [2.05, 4.69) is 5.32 Å². The average Bonchev–Trinajstić information content (AvgIpc) is 2.95. The van der Waals surface area contributed by atoms with Gasteiger partial charge in [0.1, 0.15) is 0 Å². The third kappa shape index (κ3) is 2.83. The fourth-order valence-corrected chi connectivity index (χ4v) is 3.53. The highest BCUT2D eigenvalue weighted by atomic mass is 16.2. The van der Waals surface area contributed by atoms with Crippen molar-refractivity contribution in [2.24, 2.45) is 0 Å². The number of nitrogens with one attached hydrogen (secondary N) is 1. The van der Waals surface area contributed by atoms with Crippen LogP contribution in [0.1, 0.15) is 16.7 Å². The van der Waals surface area contributed by atoms with E-state index in [1.54, 1.807) is 12.1 Å². The minimum absolute atomic E-state index is 0.164. The average molecular weight is 357 g/mol. The number of nitrogen functional groups attached to an aromatic ring is 1. The summed E-state index contributed by atoms with van der Waals surface area (Å²) in [7, 11) is 0. The number of urea groups is 1. The van der Waals surface area contributed by atoms with Gasteiger partial charge in [-0.2, -0.15) is 0 Å². The van der Waals surface area contributed by atoms with Gasteiger partial charge in [0.15, 0.2) is 5.54 Å². The Morgan fingerprint density at radius 2 is 1.41 bits per heavy atom. The second-order valence-electron chi connectivity index (χ2n) is 6.55. The molecule has 5 nitrogen and oxygen atoms in total. The van der Waals surface area contributed by atoms with Gasteiger partial charge in [-0.25, -0.2) is 4.79 Å². The molecule has 3 aromatic rings. The Hall–Kier alpha value is -3.60. The number of imide groups is 1. The summed E-state index contributed by atoms with van der Waals surface area (Å²) >= 11 is 0. The molecule has 1 aliphatic heterocycles. The maximum Gasteiger partial charge on any atom is 0.325 e. The van der Waals surface area contributed by atoms with Crippen LogP contribution in [-0.2, 0) is 16.9 Å². The third-order valence-electron chi connectivity index (χ3n) is 4.81. The quantitative estimate of drug-likeness (QED) is 0.556. The highest BCUT2D eigenvalue weighted by molar-refractivity contribution is 6.09. The number of hydrogen-bond donors (Lipinski definition) is 2. The Morgan fingerprint density at radius 1 is 0.815 bits per heavy atom. The van der Waals surface area contributed by atoms with Crippen molar-refractivity contribution in [1.82, 2.24) is 10.2 Å². The molecule has 134 valence electrons. The topological polar surface area (TPSA) is 75.4 Å². The third-order valence-corrected chi connectivity index (χ3v) is 4.81. The summed E-state index contributed by atoms with van der Waals surface area (Å²) in [6, 6.07) is 25.4. The zero-order chi connectivity index (χ0) is 18.9. The molecule has 0 aromatic heterocycles. The van der Waals surface area contributed by atoms with Gasteiger partial charge in [-0.1, -0.05) is 72.8 Å². The van der Waals surface area contributed by atoms with Gasteiger partial charge in [0, 0.05) is 5.69 Å². The maximum atomic E-state index is 13.5. The Morgan fingerprint density at radius 3 is 1.96 bits per heavy atom. The Bertz CT molecular complexity index is 947. The van der Waals surface area contributed by atoms with Crippen LogP contribution in [0, 0.1) is 0 Å². The summed E-state index contributed by atoms with van der Waals surface area (Å²) in [5.41, 5.74) is 7.45. The number of amides is 3. The largest absolute Gasteiger partial charge is 0.399 e. The molecule has 3 N–H and O–H groups in total. The number of nitrogens with two attached hydrogens (primary N) is 1. The van der Waals surface area contributed by atoms with E-state index in [-0.39, 0.29) is 12.5 Å². The molecule has 1 aliphatic rings. The smallest absolute Gasteiger partial charge is 0.325 e. The number of carbonyl (C=O) groups is 2. The molecule has 0 spiro atoms. The number of rotatable bonds is 4. The van der Waals surface area contributed by atoms with Crippen molar-refractivity contribution >= 4 is 17.6 Å². The van der Waals surface area contributed by atoms with Gasteiger partial charge < -0.3 is 11.1 Å². The Balaban J connectivity index is 1.79. The predicted octanol–water partition coefficient (Wildman–Crippen LogP) is 3.26. The van der Waals surface area contributed by atoms with Crippen LogP contribution in [0.3, 0.4) is 0 Å². The van der Waals surface area contributed by atoms with E-state index >= 15 is 0 Å². The molecule has 0 radical (unpaired) electrons. The molecule has 0 bridgehead atoms. The summed E-state index contributed by atoms with van der Waals surface area (Å²) in [4.78, 5) is 27.6. The van der Waals surface area contributed by atoms with Crippen molar-refractivity contribution in [2.75, 3.05) is 5.73 Å². The predicted molar refractivity (Wildman–Crippen MR) is 104 cm³/mol. The second kappa shape index (κ2) is 6.61. The van der Waals surface area contributed by atoms with Crippen molar-refractivity contribution in [3.8, 4) is 0 Å². The van der Waals surface area contributed by atoms with E-state index in [0.29, 0.717) is 5.69 Å². The maximum absolute atomic E-state index is 13.5. The normalized spacial score (nSPS) is 15.6. The SMILES string of the molecule is Nc1cccc(CN2C(=O)NC(c3ccccc3)(c3ccccc3)C2=O)c1. The summed E-state index contributed by atoms with van der Waals surface area (Å²) in [5.74, 6) is -0.299. The monoisotopic (exact) mass is 357 g/mol. The first-order chi connectivity index (χ1) is 13.1. The van der Waals surface area contributed by atoms with E-state index in [0.717, 1.165) is 16.7 Å². The van der Waals surface area contributed by atoms with Crippen LogP contribution in [0.25, 0.3) is 0 Å². The van der Waals surface area contributed by atoms with E-state index in [1.807, 2.05) is 72.8 Å². The van der Waals surface area contributed by atoms with Crippen LogP contribution in [0.2, 0.25) is 0 Å². The number of anilines is 1. The molecule has 0 atom stereocenters. The van der Waals surface area contributed by atoms with Gasteiger partial charge in [0.2, 0.25) is 0 Å². The molecule has 1 fully saturated rings. The van der Waals surface area contributed by atoms with E-state index in [9.17, 15) is 9.59 Å². The summed E-state index contributed by atoms with van der Waals surface area (Å²) in [6.07, 6.45) is 0. The molecule has 0 aliphatic carbocycles. The lowest BCUT2D eigenvalue weighted by Gasteiger charge is -2.28. The Labute approximate surface area is 157 Å². The molecule has 0 saturated carbocycles. The number of hydrogen-bond acceptors (Lipinski definition) is 3. The molecule has 27 heavy (non-hydrogen) atoms. The minimum Gasteiger partial charge on any atom is -0.399 e. The fourth-order valence-electron chi connectivity index (χ4n) is 3.53. The van der Waals surface area contributed by atoms with Crippen molar-refractivity contribution in [1.29, 1.82) is 0 Å². The lowest BCUT2D eigenvalue weighted by Crippen LogP contribution is -2.45. The van der Waals surface area contributed by atoms with Crippen LogP contribution in [0.4, 0.5) is 10.5 Å². The van der Waals surface area contributed by atoms with E-state index in [4.69, 9.17) is 5.73 Å². The molecule has 1 saturated heterocycles. The van der Waals surface area contributed by atoms with Gasteiger partial charge in [-0.3, -0.25) is 9.69 Å².